The summed E-state index contributed by atoms with van der Waals surface area (Å²) in [6.45, 7) is 0.835. The number of alkyl halides is 3. The second kappa shape index (κ2) is 10.3. The van der Waals surface area contributed by atoms with Gasteiger partial charge in [-0.05, 0) is 60.4 Å². The van der Waals surface area contributed by atoms with Crippen molar-refractivity contribution < 1.29 is 13.2 Å². The molecule has 0 saturated carbocycles. The highest BCUT2D eigenvalue weighted by atomic mass is 35.5. The van der Waals surface area contributed by atoms with E-state index in [9.17, 15) is 18.0 Å². The molecule has 6 rings (SSSR count). The summed E-state index contributed by atoms with van der Waals surface area (Å²) in [5.41, 5.74) is 2.27. The fourth-order valence-corrected chi connectivity index (χ4v) is 5.33. The molecule has 0 N–H and O–H groups in total. The zero-order chi connectivity index (χ0) is 28.0. The van der Waals surface area contributed by atoms with Crippen molar-refractivity contribution in [3.63, 3.8) is 0 Å². The molecule has 0 amide bonds. The molecule has 0 bridgehead atoms. The van der Waals surface area contributed by atoms with E-state index in [1.807, 2.05) is 29.2 Å². The van der Waals surface area contributed by atoms with Crippen molar-refractivity contribution in [3.8, 4) is 22.3 Å². The van der Waals surface area contributed by atoms with Gasteiger partial charge in [0.1, 0.15) is 5.82 Å². The highest BCUT2D eigenvalue weighted by molar-refractivity contribution is 6.31. The predicted octanol–water partition coefficient (Wildman–Crippen LogP) is 6.61. The highest BCUT2D eigenvalue weighted by Gasteiger charge is 2.32. The molecule has 4 heterocycles. The topological polar surface area (TPSA) is 68.3 Å². The fraction of sp³-hybridized carbons (Fsp3) is 0.214. The number of hydrogen-bond acceptors (Lipinski definition) is 5. The fourth-order valence-electron chi connectivity index (χ4n) is 5.08. The number of anilines is 1. The first-order chi connectivity index (χ1) is 19.2. The first-order valence-corrected chi connectivity index (χ1v) is 13.3. The van der Waals surface area contributed by atoms with E-state index in [1.165, 1.54) is 15.3 Å². The van der Waals surface area contributed by atoms with Crippen LogP contribution in [0.5, 0.6) is 0 Å². The lowest BCUT2D eigenvalue weighted by atomic mass is 9.97. The van der Waals surface area contributed by atoms with Crippen molar-refractivity contribution in [3.05, 3.63) is 99.2 Å². The molecule has 1 fully saturated rings. The van der Waals surface area contributed by atoms with Crippen LogP contribution in [0, 0.1) is 0 Å². The molecule has 0 aliphatic carbocycles. The normalized spacial score (nSPS) is 15.7. The number of pyridine rings is 1. The summed E-state index contributed by atoms with van der Waals surface area (Å²) in [6.07, 6.45) is -0.454. The number of hydrogen-bond donors (Lipinski definition) is 0. The molecule has 0 spiro atoms. The van der Waals surface area contributed by atoms with Crippen molar-refractivity contribution in [1.29, 1.82) is 0 Å². The predicted molar refractivity (Wildman–Crippen MR) is 148 cm³/mol. The van der Waals surface area contributed by atoms with Gasteiger partial charge in [0.2, 0.25) is 0 Å². The number of fused-ring (bicyclic) bond motifs is 1. The van der Waals surface area contributed by atoms with Gasteiger partial charge in [-0.3, -0.25) is 0 Å². The number of nitrogens with zero attached hydrogens (tertiary/aromatic N) is 6. The molecule has 0 radical (unpaired) electrons. The lowest BCUT2D eigenvalue weighted by Gasteiger charge is -2.25. The molecule has 1 saturated heterocycles. The zero-order valence-electron chi connectivity index (χ0n) is 20.8. The Morgan fingerprint density at radius 3 is 2.20 bits per heavy atom. The van der Waals surface area contributed by atoms with Crippen molar-refractivity contribution in [2.75, 3.05) is 11.4 Å². The molecular weight excluding hydrogens is 564 g/mol. The van der Waals surface area contributed by atoms with Crippen LogP contribution in [-0.4, -0.2) is 37.0 Å². The Morgan fingerprint density at radius 2 is 1.57 bits per heavy atom. The third kappa shape index (κ3) is 4.93. The molecule has 12 heteroatoms. The summed E-state index contributed by atoms with van der Waals surface area (Å²) in [5, 5.41) is 10.3. The van der Waals surface area contributed by atoms with E-state index in [0.717, 1.165) is 41.8 Å². The maximum Gasteiger partial charge on any atom is 0.417 e. The molecule has 204 valence electrons. The Balaban J connectivity index is 1.40. The van der Waals surface area contributed by atoms with Crippen LogP contribution in [0.25, 0.3) is 27.9 Å². The first kappa shape index (κ1) is 26.3. The molecule has 3 aromatic heterocycles. The van der Waals surface area contributed by atoms with Crippen molar-refractivity contribution in [1.82, 2.24) is 24.4 Å². The van der Waals surface area contributed by atoms with Crippen LogP contribution in [0.1, 0.15) is 18.4 Å². The second-order valence-electron chi connectivity index (χ2n) is 9.54. The lowest BCUT2D eigenvalue weighted by Crippen LogP contribution is -2.37. The van der Waals surface area contributed by atoms with E-state index in [1.54, 1.807) is 30.5 Å². The Hall–Kier alpha value is -3.89. The van der Waals surface area contributed by atoms with E-state index >= 15 is 0 Å². The Morgan fingerprint density at radius 1 is 0.900 bits per heavy atom. The van der Waals surface area contributed by atoms with E-state index in [0.29, 0.717) is 33.6 Å². The van der Waals surface area contributed by atoms with Gasteiger partial charge in [-0.25, -0.2) is 14.5 Å². The monoisotopic (exact) mass is 584 g/mol. The minimum absolute atomic E-state index is 0.179. The van der Waals surface area contributed by atoms with E-state index in [2.05, 4.69) is 10.1 Å². The van der Waals surface area contributed by atoms with Crippen LogP contribution in [0.4, 0.5) is 19.0 Å². The van der Waals surface area contributed by atoms with E-state index in [-0.39, 0.29) is 12.6 Å². The minimum Gasteiger partial charge on any atom is -0.352 e. The minimum atomic E-state index is -4.46. The molecule has 40 heavy (non-hydrogen) atoms. The summed E-state index contributed by atoms with van der Waals surface area (Å²) in [6, 6.07) is 16.8. The summed E-state index contributed by atoms with van der Waals surface area (Å²) < 4.78 is 41.7. The van der Waals surface area contributed by atoms with Crippen LogP contribution >= 0.6 is 23.2 Å². The Kier molecular flexibility index (Phi) is 6.75. The maximum absolute atomic E-state index is 13.4. The van der Waals surface area contributed by atoms with Gasteiger partial charge in [0.25, 0.3) is 0 Å². The number of aromatic nitrogens is 5. The van der Waals surface area contributed by atoms with Gasteiger partial charge in [-0.2, -0.15) is 22.8 Å². The first-order valence-electron chi connectivity index (χ1n) is 12.5. The molecule has 1 aliphatic heterocycles. The third-order valence-corrected chi connectivity index (χ3v) is 7.54. The summed E-state index contributed by atoms with van der Waals surface area (Å²) >= 11 is 12.3. The quantitative estimate of drug-likeness (QED) is 0.232. The smallest absolute Gasteiger partial charge is 0.352 e. The van der Waals surface area contributed by atoms with Gasteiger partial charge in [0.05, 0.1) is 24.3 Å². The second-order valence-corrected chi connectivity index (χ2v) is 10.4. The summed E-state index contributed by atoms with van der Waals surface area (Å²) in [5.74, 6) is 0.428. The summed E-state index contributed by atoms with van der Waals surface area (Å²) in [4.78, 5) is 19.4. The van der Waals surface area contributed by atoms with E-state index < -0.39 is 17.4 Å². The van der Waals surface area contributed by atoms with Gasteiger partial charge in [0, 0.05) is 33.9 Å². The van der Waals surface area contributed by atoms with Crippen molar-refractivity contribution >= 4 is 34.7 Å². The molecule has 1 atom stereocenters. The van der Waals surface area contributed by atoms with E-state index in [4.69, 9.17) is 28.3 Å². The largest absolute Gasteiger partial charge is 0.417 e. The zero-order valence-corrected chi connectivity index (χ0v) is 22.3. The Bertz CT molecular complexity index is 1730. The molecule has 1 aliphatic rings. The SMILES string of the molecule is O=c1n(CC2CCCN2c2ccc(C(F)(F)F)cn2)nc2c(-c3ccc(Cl)cc3)c(-c3ccc(Cl)cc3)cnn12. The standard InChI is InChI=1S/C28H21Cl2F3N6O/c29-20-8-3-17(4-9-20)23-15-35-39-26(25(23)18-5-10-21(30)11-6-18)36-38(27(39)40)16-22-2-1-13-37(22)24-12-7-19(14-34-24)28(31,32)33/h3-12,14-15,22H,1-2,13,16H2. The maximum atomic E-state index is 13.4. The molecular formula is C28H21Cl2F3N6O. The third-order valence-electron chi connectivity index (χ3n) is 7.03. The van der Waals surface area contributed by atoms with Crippen LogP contribution in [-0.2, 0) is 12.7 Å². The van der Waals surface area contributed by atoms with Crippen molar-refractivity contribution in [2.24, 2.45) is 0 Å². The highest BCUT2D eigenvalue weighted by Crippen LogP contribution is 2.35. The van der Waals surface area contributed by atoms with Crippen LogP contribution in [0.2, 0.25) is 10.0 Å². The number of rotatable bonds is 5. The number of benzene rings is 2. The average Bonchev–Trinajstić information content (AvgIpc) is 3.53. The van der Waals surface area contributed by atoms with Crippen LogP contribution in [0.15, 0.2) is 77.9 Å². The van der Waals surface area contributed by atoms with Crippen LogP contribution < -0.4 is 10.6 Å². The van der Waals surface area contributed by atoms with Gasteiger partial charge >= 0.3 is 11.9 Å². The average molecular weight is 585 g/mol. The molecule has 1 unspecified atom stereocenters. The number of halogens is 5. The molecule has 5 aromatic rings. The van der Waals surface area contributed by atoms with Gasteiger partial charge in [-0.1, -0.05) is 47.5 Å². The molecule has 2 aromatic carbocycles. The Labute approximate surface area is 236 Å². The lowest BCUT2D eigenvalue weighted by molar-refractivity contribution is -0.137. The van der Waals surface area contributed by atoms with Crippen LogP contribution in [0.3, 0.4) is 0 Å². The van der Waals surface area contributed by atoms with Gasteiger partial charge < -0.3 is 4.90 Å². The van der Waals surface area contributed by atoms with Crippen molar-refractivity contribution in [2.45, 2.75) is 31.6 Å². The summed E-state index contributed by atoms with van der Waals surface area (Å²) in [7, 11) is 0. The molecule has 7 nitrogen and oxygen atoms in total. The van der Waals surface area contributed by atoms with Gasteiger partial charge in [0.15, 0.2) is 5.65 Å². The van der Waals surface area contributed by atoms with Gasteiger partial charge in [-0.15, -0.1) is 5.10 Å².